The largest absolute Gasteiger partial charge is 0.508 e. The van der Waals surface area contributed by atoms with Crippen molar-refractivity contribution in [1.82, 2.24) is 0 Å². The Labute approximate surface area is 175 Å². The van der Waals surface area contributed by atoms with Gasteiger partial charge in [0.2, 0.25) is 0 Å². The summed E-state index contributed by atoms with van der Waals surface area (Å²) < 4.78 is 0. The van der Waals surface area contributed by atoms with Crippen LogP contribution in [0.3, 0.4) is 0 Å². The van der Waals surface area contributed by atoms with Gasteiger partial charge in [0.25, 0.3) is 0 Å². The van der Waals surface area contributed by atoms with Gasteiger partial charge in [0.05, 0.1) is 0 Å². The van der Waals surface area contributed by atoms with Crippen LogP contribution in [0.4, 0.5) is 0 Å². The molecule has 4 aromatic carbocycles. The Kier molecular flexibility index (Phi) is 5.48. The molecular weight excluding hydrogens is 372 g/mol. The van der Waals surface area contributed by atoms with Crippen molar-refractivity contribution < 1.29 is 10.3 Å². The molecule has 0 saturated carbocycles. The third kappa shape index (κ3) is 4.03. The lowest BCUT2D eigenvalue weighted by Gasteiger charge is -2.18. The zero-order chi connectivity index (χ0) is 20.9. The fourth-order valence-electron chi connectivity index (χ4n) is 3.68. The highest BCUT2D eigenvalue weighted by atomic mass is 16.4. The monoisotopic (exact) mass is 394 g/mol. The molecule has 4 heteroatoms. The van der Waals surface area contributed by atoms with E-state index in [9.17, 15) is 10.3 Å². The van der Waals surface area contributed by atoms with Crippen LogP contribution in [0.5, 0.6) is 5.75 Å². The Hall–Kier alpha value is -4.05. The van der Waals surface area contributed by atoms with E-state index in [4.69, 9.17) is 5.73 Å². The molecule has 0 saturated heterocycles. The van der Waals surface area contributed by atoms with E-state index in [1.807, 2.05) is 66.7 Å². The van der Waals surface area contributed by atoms with Crippen LogP contribution in [0.1, 0.15) is 16.7 Å². The first-order valence-corrected chi connectivity index (χ1v) is 9.69. The van der Waals surface area contributed by atoms with Crippen LogP contribution in [-0.2, 0) is 6.42 Å². The summed E-state index contributed by atoms with van der Waals surface area (Å²) >= 11 is 0. The molecule has 0 amide bonds. The Morgan fingerprint density at radius 1 is 0.733 bits per heavy atom. The summed E-state index contributed by atoms with van der Waals surface area (Å²) in [6.07, 6.45) is 0.715. The Bertz CT molecular complexity index is 1170. The second-order valence-corrected chi connectivity index (χ2v) is 7.13. The molecule has 0 aromatic heterocycles. The highest BCUT2D eigenvalue weighted by Crippen LogP contribution is 2.37. The minimum Gasteiger partial charge on any atom is -0.508 e. The predicted molar refractivity (Wildman–Crippen MR) is 121 cm³/mol. The molecule has 0 aliphatic rings. The lowest BCUT2D eigenvalue weighted by molar-refractivity contribution is 0.318. The predicted octanol–water partition coefficient (Wildman–Crippen LogP) is 5.41. The Morgan fingerprint density at radius 3 is 2.00 bits per heavy atom. The zero-order valence-electron chi connectivity index (χ0n) is 16.4. The van der Waals surface area contributed by atoms with Crippen molar-refractivity contribution in [2.45, 2.75) is 6.42 Å². The average molecular weight is 394 g/mol. The van der Waals surface area contributed by atoms with Crippen LogP contribution in [0.2, 0.25) is 0 Å². The quantitative estimate of drug-likeness (QED) is 0.183. The van der Waals surface area contributed by atoms with Crippen LogP contribution in [-0.4, -0.2) is 16.1 Å². The molecule has 0 spiro atoms. The standard InChI is InChI=1S/C26H22N2O2/c27-26(28-30)24-17-19(15-18-7-3-1-4-8-18)16-23(20-11-13-22(29)14-12-20)25(24)21-9-5-2-6-10-21/h1-14,16-17,29-30H,15H2,(H2,27,28). The van der Waals surface area contributed by atoms with E-state index in [1.165, 1.54) is 5.56 Å². The summed E-state index contributed by atoms with van der Waals surface area (Å²) in [6.45, 7) is 0. The van der Waals surface area contributed by atoms with Gasteiger partial charge in [-0.25, -0.2) is 0 Å². The van der Waals surface area contributed by atoms with Crippen molar-refractivity contribution >= 4 is 5.84 Å². The van der Waals surface area contributed by atoms with Crippen LogP contribution < -0.4 is 5.73 Å². The van der Waals surface area contributed by atoms with Crippen molar-refractivity contribution in [3.8, 4) is 28.0 Å². The third-order valence-electron chi connectivity index (χ3n) is 5.07. The number of hydrogen-bond acceptors (Lipinski definition) is 3. The maximum absolute atomic E-state index is 9.75. The molecule has 0 aliphatic carbocycles. The number of oxime groups is 1. The highest BCUT2D eigenvalue weighted by molar-refractivity contribution is 6.07. The summed E-state index contributed by atoms with van der Waals surface area (Å²) in [7, 11) is 0. The number of hydrogen-bond donors (Lipinski definition) is 3. The minimum atomic E-state index is 0.0591. The van der Waals surface area contributed by atoms with Gasteiger partial charge in [-0.15, -0.1) is 0 Å². The van der Waals surface area contributed by atoms with Crippen molar-refractivity contribution in [3.63, 3.8) is 0 Å². The van der Waals surface area contributed by atoms with E-state index in [0.29, 0.717) is 12.0 Å². The smallest absolute Gasteiger partial charge is 0.170 e. The Morgan fingerprint density at radius 2 is 1.37 bits per heavy atom. The SMILES string of the molecule is NC(=NO)c1cc(Cc2ccccc2)cc(-c2ccc(O)cc2)c1-c1ccccc1. The van der Waals surface area contributed by atoms with Gasteiger partial charge in [0.1, 0.15) is 5.75 Å². The molecule has 0 aliphatic heterocycles. The molecule has 0 radical (unpaired) electrons. The molecule has 4 rings (SSSR count). The first-order valence-electron chi connectivity index (χ1n) is 9.69. The van der Waals surface area contributed by atoms with Gasteiger partial charge >= 0.3 is 0 Å². The van der Waals surface area contributed by atoms with Gasteiger partial charge in [0.15, 0.2) is 5.84 Å². The molecule has 0 heterocycles. The van der Waals surface area contributed by atoms with E-state index < -0.39 is 0 Å². The van der Waals surface area contributed by atoms with E-state index in [0.717, 1.165) is 27.8 Å². The number of phenols is 1. The van der Waals surface area contributed by atoms with Crippen LogP contribution in [0.25, 0.3) is 22.3 Å². The van der Waals surface area contributed by atoms with Crippen molar-refractivity contribution in [1.29, 1.82) is 0 Å². The van der Waals surface area contributed by atoms with Gasteiger partial charge in [-0.3, -0.25) is 0 Å². The summed E-state index contributed by atoms with van der Waals surface area (Å²) in [4.78, 5) is 0. The maximum atomic E-state index is 9.75. The molecule has 4 N–H and O–H groups in total. The van der Waals surface area contributed by atoms with Crippen molar-refractivity contribution in [2.24, 2.45) is 10.9 Å². The first-order chi connectivity index (χ1) is 14.7. The molecule has 4 nitrogen and oxygen atoms in total. The number of benzene rings is 4. The van der Waals surface area contributed by atoms with Crippen LogP contribution in [0, 0.1) is 0 Å². The van der Waals surface area contributed by atoms with Gasteiger partial charge in [-0.2, -0.15) is 0 Å². The van der Waals surface area contributed by atoms with Gasteiger partial charge < -0.3 is 16.0 Å². The number of phenolic OH excluding ortho intramolecular Hbond substituents is 1. The maximum Gasteiger partial charge on any atom is 0.170 e. The second kappa shape index (κ2) is 8.53. The number of amidine groups is 1. The summed E-state index contributed by atoms with van der Waals surface area (Å²) in [6, 6.07) is 31.3. The highest BCUT2D eigenvalue weighted by Gasteiger charge is 2.17. The molecule has 30 heavy (non-hydrogen) atoms. The molecule has 0 unspecified atom stereocenters. The van der Waals surface area contributed by atoms with Gasteiger partial charge in [-0.05, 0) is 52.4 Å². The minimum absolute atomic E-state index is 0.0591. The van der Waals surface area contributed by atoms with Crippen molar-refractivity contribution in [3.05, 3.63) is 114 Å². The van der Waals surface area contributed by atoms with Gasteiger partial charge in [0, 0.05) is 11.1 Å². The van der Waals surface area contributed by atoms with Crippen LogP contribution in [0.15, 0.2) is 102 Å². The summed E-state index contributed by atoms with van der Waals surface area (Å²) in [5, 5.41) is 22.5. The second-order valence-electron chi connectivity index (χ2n) is 7.13. The van der Waals surface area contributed by atoms with E-state index >= 15 is 0 Å². The summed E-state index contributed by atoms with van der Waals surface area (Å²) in [5.74, 6) is 0.265. The molecular formula is C26H22N2O2. The lowest BCUT2D eigenvalue weighted by atomic mass is 9.87. The summed E-state index contributed by atoms with van der Waals surface area (Å²) in [5.41, 5.74) is 12.8. The number of aromatic hydroxyl groups is 1. The normalized spacial score (nSPS) is 11.4. The van der Waals surface area contributed by atoms with Crippen LogP contribution >= 0.6 is 0 Å². The van der Waals surface area contributed by atoms with E-state index in [2.05, 4.69) is 23.4 Å². The molecule has 0 atom stereocenters. The van der Waals surface area contributed by atoms with E-state index in [-0.39, 0.29) is 11.6 Å². The zero-order valence-corrected chi connectivity index (χ0v) is 16.4. The number of rotatable bonds is 5. The lowest BCUT2D eigenvalue weighted by Crippen LogP contribution is -2.15. The number of nitrogens with two attached hydrogens (primary N) is 1. The Balaban J connectivity index is 1.98. The fourth-order valence-corrected chi connectivity index (χ4v) is 3.68. The van der Waals surface area contributed by atoms with E-state index in [1.54, 1.807) is 12.1 Å². The molecule has 0 fully saturated rings. The van der Waals surface area contributed by atoms with Crippen molar-refractivity contribution in [2.75, 3.05) is 0 Å². The fraction of sp³-hybridized carbons (Fsp3) is 0.0385. The molecule has 4 aromatic rings. The van der Waals surface area contributed by atoms with Gasteiger partial charge in [-0.1, -0.05) is 84.0 Å². The molecule has 148 valence electrons. The first kappa shape index (κ1) is 19.3. The third-order valence-corrected chi connectivity index (χ3v) is 5.07. The molecule has 0 bridgehead atoms. The topological polar surface area (TPSA) is 78.8 Å². The number of nitrogens with zero attached hydrogens (tertiary/aromatic N) is 1. The average Bonchev–Trinajstić information content (AvgIpc) is 2.80.